The van der Waals surface area contributed by atoms with Crippen molar-refractivity contribution in [2.75, 3.05) is 39.3 Å². The number of ether oxygens (including phenoxy) is 1. The highest BCUT2D eigenvalue weighted by atomic mass is 19.3. The second-order valence-corrected chi connectivity index (χ2v) is 11.5. The second-order valence-electron chi connectivity index (χ2n) is 11.5. The maximum absolute atomic E-state index is 15.1. The molecular formula is C30H32F4N8O3. The number of pyridine rings is 1. The van der Waals surface area contributed by atoms with Gasteiger partial charge in [0.2, 0.25) is 5.91 Å². The van der Waals surface area contributed by atoms with E-state index in [4.69, 9.17) is 4.74 Å². The first-order chi connectivity index (χ1) is 21.6. The third-order valence-corrected chi connectivity index (χ3v) is 8.41. The molecule has 2 saturated heterocycles. The fraction of sp³-hybridized carbons (Fsp3) is 0.433. The predicted octanol–water partition coefficient (Wildman–Crippen LogP) is 4.02. The van der Waals surface area contributed by atoms with Crippen LogP contribution in [0.25, 0.3) is 22.3 Å². The zero-order valence-corrected chi connectivity index (χ0v) is 24.5. The summed E-state index contributed by atoms with van der Waals surface area (Å²) in [4.78, 5) is 23.3. The molecule has 1 unspecified atom stereocenters. The monoisotopic (exact) mass is 628 g/mol. The fourth-order valence-electron chi connectivity index (χ4n) is 6.13. The van der Waals surface area contributed by atoms with Gasteiger partial charge in [0.1, 0.15) is 29.1 Å². The third kappa shape index (κ3) is 6.01. The van der Waals surface area contributed by atoms with Crippen LogP contribution in [0.1, 0.15) is 42.9 Å². The molecule has 0 aliphatic carbocycles. The highest BCUT2D eigenvalue weighted by molar-refractivity contribution is 5.88. The number of hydrogen-bond donors (Lipinski definition) is 1. The summed E-state index contributed by atoms with van der Waals surface area (Å²) < 4.78 is 64.9. The summed E-state index contributed by atoms with van der Waals surface area (Å²) in [6.45, 7) is 3.53. The molecular weight excluding hydrogens is 596 g/mol. The minimum atomic E-state index is -2.90. The van der Waals surface area contributed by atoms with Gasteiger partial charge in [-0.25, -0.2) is 18.4 Å². The number of benzene rings is 1. The van der Waals surface area contributed by atoms with Gasteiger partial charge in [0.15, 0.2) is 11.8 Å². The Morgan fingerprint density at radius 1 is 1.22 bits per heavy atom. The number of carbonyl (C=O) groups is 1. The Balaban J connectivity index is 1.21. The number of aliphatic hydroxyl groups is 1. The van der Waals surface area contributed by atoms with Crippen LogP contribution >= 0.6 is 0 Å². The number of carbonyl (C=O) groups excluding carboxylic acids is 1. The van der Waals surface area contributed by atoms with E-state index < -0.39 is 30.7 Å². The molecule has 0 spiro atoms. The summed E-state index contributed by atoms with van der Waals surface area (Å²) in [6.07, 6.45) is 3.54. The van der Waals surface area contributed by atoms with E-state index in [0.717, 1.165) is 18.2 Å². The Hall–Kier alpha value is -4.37. The molecule has 1 aromatic carbocycles. The maximum atomic E-state index is 15.1. The summed E-state index contributed by atoms with van der Waals surface area (Å²) in [5.41, 5.74) is 0.780. The Bertz CT molecular complexity index is 1700. The first-order valence-corrected chi connectivity index (χ1v) is 14.5. The summed E-state index contributed by atoms with van der Waals surface area (Å²) in [5.74, 6) is -0.826. The Morgan fingerprint density at radius 3 is 2.62 bits per heavy atom. The van der Waals surface area contributed by atoms with Gasteiger partial charge in [0.25, 0.3) is 0 Å². The van der Waals surface area contributed by atoms with Gasteiger partial charge in [-0.2, -0.15) is 8.78 Å². The minimum absolute atomic E-state index is 0.0113. The number of imidazole rings is 1. The fourth-order valence-corrected chi connectivity index (χ4v) is 6.13. The Morgan fingerprint density at radius 2 is 1.98 bits per heavy atom. The van der Waals surface area contributed by atoms with Crippen molar-refractivity contribution in [2.45, 2.75) is 44.1 Å². The number of hydrogen-bond acceptors (Lipinski definition) is 8. The van der Waals surface area contributed by atoms with Gasteiger partial charge >= 0.3 is 6.55 Å². The average molecular weight is 629 g/mol. The minimum Gasteiger partial charge on any atom is -0.479 e. The number of likely N-dealkylation sites (tertiary alicyclic amines) is 2. The lowest BCUT2D eigenvalue weighted by Gasteiger charge is -2.47. The second kappa shape index (κ2) is 12.2. The zero-order valence-electron chi connectivity index (χ0n) is 24.5. The standard InChI is InChI=1S/C30H32F4N8O3/c1-3-26(44)40-15-30(34,16-40)14-39-8-6-21(7-9-39)42-18(2)27(37-38-42)19-10-23-28(41(17-36-23)29(32)33)24(11-19)45-25(13-43)22-5-4-20(31)12-35-22/h3-5,10-12,17,21,25,29,43H,1,6-9,13-16H2,2H3. The first-order valence-electron chi connectivity index (χ1n) is 14.5. The molecule has 1 N–H and O–H groups in total. The van der Waals surface area contributed by atoms with Gasteiger partial charge in [-0.05, 0) is 50.1 Å². The number of piperidine rings is 1. The van der Waals surface area contributed by atoms with E-state index in [2.05, 4.69) is 31.8 Å². The van der Waals surface area contributed by atoms with Crippen molar-refractivity contribution in [3.05, 3.63) is 66.6 Å². The van der Waals surface area contributed by atoms with Crippen LogP contribution in [0, 0.1) is 12.7 Å². The van der Waals surface area contributed by atoms with E-state index in [0.29, 0.717) is 41.8 Å². The number of amides is 1. The molecule has 2 fully saturated rings. The van der Waals surface area contributed by atoms with Crippen LogP contribution in [0.5, 0.6) is 5.75 Å². The highest BCUT2D eigenvalue weighted by Gasteiger charge is 2.46. The molecule has 45 heavy (non-hydrogen) atoms. The Labute approximate surface area is 255 Å². The number of aromatic nitrogens is 6. The first kappa shape index (κ1) is 30.6. The molecule has 238 valence electrons. The van der Waals surface area contributed by atoms with Crippen LogP contribution in [0.15, 0.2) is 49.4 Å². The smallest absolute Gasteiger partial charge is 0.320 e. The van der Waals surface area contributed by atoms with Crippen LogP contribution in [-0.4, -0.2) is 95.3 Å². The number of rotatable bonds is 10. The number of aliphatic hydroxyl groups excluding tert-OH is 1. The third-order valence-electron chi connectivity index (χ3n) is 8.41. The molecule has 11 nitrogen and oxygen atoms in total. The molecule has 5 heterocycles. The van der Waals surface area contributed by atoms with Gasteiger partial charge in [-0.3, -0.25) is 19.2 Å². The van der Waals surface area contributed by atoms with Crippen LogP contribution < -0.4 is 4.74 Å². The molecule has 6 rings (SSSR count). The van der Waals surface area contributed by atoms with Gasteiger partial charge < -0.3 is 14.7 Å². The topological polar surface area (TPSA) is 114 Å². The van der Waals surface area contributed by atoms with Gasteiger partial charge in [-0.1, -0.05) is 11.8 Å². The molecule has 0 saturated carbocycles. The normalized spacial score (nSPS) is 17.9. The van der Waals surface area contributed by atoms with Crippen molar-refractivity contribution >= 4 is 16.9 Å². The molecule has 2 aliphatic heterocycles. The molecule has 15 heteroatoms. The lowest BCUT2D eigenvalue weighted by Crippen LogP contribution is -2.65. The van der Waals surface area contributed by atoms with Crippen molar-refractivity contribution < 1.29 is 32.2 Å². The van der Waals surface area contributed by atoms with Crippen molar-refractivity contribution in [3.63, 3.8) is 0 Å². The SMILES string of the molecule is C=CC(=O)N1CC(F)(CN2CCC(n3nnc(-c4cc(OC(CO)c5ccc(F)cn5)c5c(c4)ncn5C(F)F)c3C)CC2)C1. The van der Waals surface area contributed by atoms with Crippen molar-refractivity contribution in [1.82, 2.24) is 39.3 Å². The van der Waals surface area contributed by atoms with Crippen LogP contribution in [0.3, 0.4) is 0 Å². The number of alkyl halides is 3. The summed E-state index contributed by atoms with van der Waals surface area (Å²) in [6, 6.07) is 5.69. The largest absolute Gasteiger partial charge is 0.479 e. The summed E-state index contributed by atoms with van der Waals surface area (Å²) >= 11 is 0. The highest BCUT2D eigenvalue weighted by Crippen LogP contribution is 2.37. The summed E-state index contributed by atoms with van der Waals surface area (Å²) in [7, 11) is 0. The van der Waals surface area contributed by atoms with Crippen LogP contribution in [-0.2, 0) is 4.79 Å². The molecule has 1 atom stereocenters. The van der Waals surface area contributed by atoms with Crippen molar-refractivity contribution in [2.24, 2.45) is 0 Å². The van der Waals surface area contributed by atoms with Gasteiger partial charge in [0, 0.05) is 25.2 Å². The Kier molecular flexibility index (Phi) is 8.31. The number of nitrogens with zero attached hydrogens (tertiary/aromatic N) is 8. The maximum Gasteiger partial charge on any atom is 0.320 e. The van der Waals surface area contributed by atoms with Crippen molar-refractivity contribution in [1.29, 1.82) is 0 Å². The predicted molar refractivity (Wildman–Crippen MR) is 155 cm³/mol. The molecule has 3 aromatic heterocycles. The van der Waals surface area contributed by atoms with E-state index in [9.17, 15) is 23.1 Å². The number of halogens is 4. The average Bonchev–Trinajstić information content (AvgIpc) is 3.63. The van der Waals surface area contributed by atoms with E-state index >= 15 is 4.39 Å². The van der Waals surface area contributed by atoms with Gasteiger partial charge in [-0.15, -0.1) is 5.10 Å². The van der Waals surface area contributed by atoms with E-state index in [1.165, 1.54) is 23.1 Å². The van der Waals surface area contributed by atoms with Crippen LogP contribution in [0.2, 0.25) is 0 Å². The van der Waals surface area contributed by atoms with E-state index in [1.54, 1.807) is 12.1 Å². The number of fused-ring (bicyclic) bond motifs is 1. The van der Waals surface area contributed by atoms with Crippen LogP contribution in [0.4, 0.5) is 17.6 Å². The molecule has 1 amide bonds. The lowest BCUT2D eigenvalue weighted by molar-refractivity contribution is -0.141. The molecule has 0 radical (unpaired) electrons. The summed E-state index contributed by atoms with van der Waals surface area (Å²) in [5, 5.41) is 18.8. The lowest BCUT2D eigenvalue weighted by atomic mass is 9.93. The van der Waals surface area contributed by atoms with E-state index in [1.807, 2.05) is 11.6 Å². The van der Waals surface area contributed by atoms with Crippen molar-refractivity contribution in [3.8, 4) is 17.0 Å². The quantitative estimate of drug-likeness (QED) is 0.207. The molecule has 2 aliphatic rings. The zero-order chi connectivity index (χ0) is 31.9. The van der Waals surface area contributed by atoms with E-state index in [-0.39, 0.29) is 54.1 Å². The molecule has 4 aromatic rings. The molecule has 0 bridgehead atoms. The van der Waals surface area contributed by atoms with Gasteiger partial charge in [0.05, 0.1) is 48.8 Å².